The van der Waals surface area contributed by atoms with E-state index in [0.717, 1.165) is 33.4 Å². The van der Waals surface area contributed by atoms with Gasteiger partial charge in [0, 0.05) is 18.2 Å². The van der Waals surface area contributed by atoms with Crippen LogP contribution in [0.1, 0.15) is 33.4 Å². The summed E-state index contributed by atoms with van der Waals surface area (Å²) in [6, 6.07) is 60.5. The number of hydrogen-bond acceptors (Lipinski definition) is 1. The Hall–Kier alpha value is -6.32. The van der Waals surface area contributed by atoms with Crippen LogP contribution in [0, 0.1) is 0 Å². The largest absolute Gasteiger partial charge is 0.383 e. The number of aliphatic imine (C=N–C) groups is 2. The van der Waals surface area contributed by atoms with Crippen molar-refractivity contribution in [2.75, 3.05) is 7.05 Å². The lowest BCUT2D eigenvalue weighted by Crippen LogP contribution is -2.26. The topological polar surface area (TPSA) is 50.7 Å². The third-order valence-electron chi connectivity index (χ3n) is 10.1. The molecule has 3 heteroatoms. The van der Waals surface area contributed by atoms with Crippen LogP contribution in [0.4, 0.5) is 0 Å². The van der Waals surface area contributed by atoms with E-state index in [-0.39, 0.29) is 0 Å². The molecule has 2 N–H and O–H groups in total. The highest BCUT2D eigenvalue weighted by Crippen LogP contribution is 2.62. The van der Waals surface area contributed by atoms with E-state index < -0.39 is 5.41 Å². The molecule has 0 radical (unpaired) electrons. The molecule has 0 unspecified atom stereocenters. The van der Waals surface area contributed by atoms with Gasteiger partial charge >= 0.3 is 0 Å². The molecule has 0 atom stereocenters. The number of hydrogen-bond donors (Lipinski definition) is 1. The fraction of sp³-hybridized carbons (Fsp3) is 0.0435. The third-order valence-corrected chi connectivity index (χ3v) is 10.1. The van der Waals surface area contributed by atoms with Gasteiger partial charge in [0.2, 0.25) is 0 Å². The molecule has 0 bridgehead atoms. The zero-order valence-electron chi connectivity index (χ0n) is 27.1. The molecule has 7 aromatic rings. The first kappa shape index (κ1) is 28.9. The maximum absolute atomic E-state index is 6.90. The molecule has 232 valence electrons. The molecular weight excluding hydrogens is 595 g/mol. The van der Waals surface area contributed by atoms with Gasteiger partial charge in [0.25, 0.3) is 0 Å². The lowest BCUT2D eigenvalue weighted by atomic mass is 9.70. The maximum atomic E-state index is 6.90. The Morgan fingerprint density at radius 1 is 0.429 bits per heavy atom. The first-order valence-electron chi connectivity index (χ1n) is 16.7. The van der Waals surface area contributed by atoms with E-state index in [2.05, 4.69) is 158 Å². The highest BCUT2D eigenvalue weighted by atomic mass is 15.0. The second-order valence-corrected chi connectivity index (χ2v) is 12.7. The van der Waals surface area contributed by atoms with Crippen LogP contribution < -0.4 is 5.73 Å². The molecular formula is C46H33N3. The number of benzene rings is 7. The summed E-state index contributed by atoms with van der Waals surface area (Å²) in [6.07, 6.45) is 0. The van der Waals surface area contributed by atoms with E-state index in [1.165, 1.54) is 44.5 Å². The van der Waals surface area contributed by atoms with Gasteiger partial charge < -0.3 is 5.73 Å². The normalized spacial score (nSPS) is 13.9. The zero-order chi connectivity index (χ0) is 33.0. The Balaban J connectivity index is 1.20. The van der Waals surface area contributed by atoms with Crippen molar-refractivity contribution >= 4 is 11.7 Å². The zero-order valence-corrected chi connectivity index (χ0v) is 27.1. The second kappa shape index (κ2) is 11.4. The molecule has 2 aliphatic rings. The highest BCUT2D eigenvalue weighted by Gasteiger charge is 2.51. The average Bonchev–Trinajstić information content (AvgIpc) is 3.64. The molecule has 0 heterocycles. The molecule has 1 spiro atoms. The number of amidine groups is 2. The monoisotopic (exact) mass is 627 g/mol. The van der Waals surface area contributed by atoms with Crippen LogP contribution in [-0.2, 0) is 5.41 Å². The van der Waals surface area contributed by atoms with Crippen molar-refractivity contribution in [2.24, 2.45) is 15.7 Å². The van der Waals surface area contributed by atoms with Gasteiger partial charge in [-0.2, -0.15) is 0 Å². The Kier molecular flexibility index (Phi) is 6.73. The van der Waals surface area contributed by atoms with Crippen LogP contribution in [-0.4, -0.2) is 18.7 Å². The van der Waals surface area contributed by atoms with Crippen molar-refractivity contribution in [3.05, 3.63) is 203 Å². The molecule has 0 fully saturated rings. The summed E-state index contributed by atoms with van der Waals surface area (Å²) in [5, 5.41) is 0. The Morgan fingerprint density at radius 3 is 1.37 bits per heavy atom. The van der Waals surface area contributed by atoms with Gasteiger partial charge in [-0.3, -0.25) is 4.99 Å². The van der Waals surface area contributed by atoms with Gasteiger partial charge in [-0.1, -0.05) is 146 Å². The molecule has 9 rings (SSSR count). The van der Waals surface area contributed by atoms with Gasteiger partial charge in [-0.25, -0.2) is 4.99 Å². The van der Waals surface area contributed by atoms with Crippen LogP contribution >= 0.6 is 0 Å². The Morgan fingerprint density at radius 2 is 0.878 bits per heavy atom. The SMILES string of the molecule is C/N=C(\N=C(/N)c1cc(-c2ccccc2)cc(-c2ccccc2)c1)c1ccc2c(c1)C1(c3ccccc3-c3ccccc31)c1ccccc1-2. The smallest absolute Gasteiger partial charge is 0.156 e. The minimum Gasteiger partial charge on any atom is -0.383 e. The van der Waals surface area contributed by atoms with E-state index in [1.54, 1.807) is 7.05 Å². The summed E-state index contributed by atoms with van der Waals surface area (Å²) in [4.78, 5) is 9.74. The van der Waals surface area contributed by atoms with E-state index in [1.807, 2.05) is 12.1 Å². The third kappa shape index (κ3) is 4.43. The number of fused-ring (bicyclic) bond motifs is 10. The van der Waals surface area contributed by atoms with Gasteiger partial charge in [-0.15, -0.1) is 0 Å². The lowest BCUT2D eigenvalue weighted by molar-refractivity contribution is 0.793. The summed E-state index contributed by atoms with van der Waals surface area (Å²) in [6.45, 7) is 0. The first-order valence-corrected chi connectivity index (χ1v) is 16.7. The van der Waals surface area contributed by atoms with Crippen LogP contribution in [0.5, 0.6) is 0 Å². The molecule has 0 amide bonds. The standard InChI is InChI=1S/C46H33N3/c1-48-45(49-44(47)35-27-33(30-14-4-2-5-15-30)26-34(28-35)31-16-6-3-7-17-31)32-24-25-39-38-20-10-13-23-42(38)46(43(39)29-32)40-21-11-8-18-36(40)37-19-9-12-22-41(37)46/h2-29H,1H3,(H2,47,48,49). The number of nitrogens with zero attached hydrogens (tertiary/aromatic N) is 2. The fourth-order valence-electron chi connectivity index (χ4n) is 8.03. The van der Waals surface area contributed by atoms with Crippen LogP contribution in [0.15, 0.2) is 180 Å². The van der Waals surface area contributed by atoms with Crippen molar-refractivity contribution in [1.82, 2.24) is 0 Å². The predicted octanol–water partition coefficient (Wildman–Crippen LogP) is 10.1. The van der Waals surface area contributed by atoms with Crippen molar-refractivity contribution < 1.29 is 0 Å². The van der Waals surface area contributed by atoms with Crippen molar-refractivity contribution in [3.63, 3.8) is 0 Å². The van der Waals surface area contributed by atoms with E-state index in [0.29, 0.717) is 11.7 Å². The number of nitrogens with two attached hydrogens (primary N) is 1. The minimum atomic E-state index is -0.433. The molecule has 2 aliphatic carbocycles. The van der Waals surface area contributed by atoms with Gasteiger partial charge in [0.15, 0.2) is 5.84 Å². The molecule has 7 aromatic carbocycles. The van der Waals surface area contributed by atoms with Crippen molar-refractivity contribution in [1.29, 1.82) is 0 Å². The van der Waals surface area contributed by atoms with Gasteiger partial charge in [0.1, 0.15) is 5.84 Å². The van der Waals surface area contributed by atoms with E-state index >= 15 is 0 Å². The van der Waals surface area contributed by atoms with Crippen molar-refractivity contribution in [3.8, 4) is 44.5 Å². The van der Waals surface area contributed by atoms with Crippen LogP contribution in [0.2, 0.25) is 0 Å². The average molecular weight is 628 g/mol. The molecule has 0 aromatic heterocycles. The predicted molar refractivity (Wildman–Crippen MR) is 203 cm³/mol. The first-order chi connectivity index (χ1) is 24.2. The molecule has 0 saturated heterocycles. The van der Waals surface area contributed by atoms with E-state index in [9.17, 15) is 0 Å². The number of rotatable bonds is 4. The minimum absolute atomic E-state index is 0.422. The van der Waals surface area contributed by atoms with Crippen LogP contribution in [0.25, 0.3) is 44.5 Å². The van der Waals surface area contributed by atoms with Gasteiger partial charge in [-0.05, 0) is 91.0 Å². The summed E-state index contributed by atoms with van der Waals surface area (Å²) in [7, 11) is 1.79. The summed E-state index contributed by atoms with van der Waals surface area (Å²) in [5.41, 5.74) is 22.9. The summed E-state index contributed by atoms with van der Waals surface area (Å²) < 4.78 is 0. The maximum Gasteiger partial charge on any atom is 0.156 e. The van der Waals surface area contributed by atoms with Gasteiger partial charge in [0.05, 0.1) is 5.41 Å². The highest BCUT2D eigenvalue weighted by molar-refractivity contribution is 6.12. The Labute approximate surface area is 286 Å². The lowest BCUT2D eigenvalue weighted by Gasteiger charge is -2.30. The second-order valence-electron chi connectivity index (χ2n) is 12.7. The summed E-state index contributed by atoms with van der Waals surface area (Å²) >= 11 is 0. The molecule has 49 heavy (non-hydrogen) atoms. The van der Waals surface area contributed by atoms with Crippen LogP contribution in [0.3, 0.4) is 0 Å². The molecule has 3 nitrogen and oxygen atoms in total. The summed E-state index contributed by atoms with van der Waals surface area (Å²) in [5.74, 6) is 1.02. The fourth-order valence-corrected chi connectivity index (χ4v) is 8.03. The van der Waals surface area contributed by atoms with Crippen molar-refractivity contribution in [2.45, 2.75) is 5.41 Å². The van der Waals surface area contributed by atoms with E-state index in [4.69, 9.17) is 15.7 Å². The quantitative estimate of drug-likeness (QED) is 0.153. The molecule has 0 saturated carbocycles. The Bertz CT molecular complexity index is 2330. The molecule has 0 aliphatic heterocycles.